The third kappa shape index (κ3) is 4.38. The number of aromatic nitrogens is 2. The normalized spacial score (nSPS) is 16.0. The summed E-state index contributed by atoms with van der Waals surface area (Å²) in [5.41, 5.74) is 2.58. The van der Waals surface area contributed by atoms with Crippen LogP contribution in [0.15, 0.2) is 30.5 Å². The predicted octanol–water partition coefficient (Wildman–Crippen LogP) is 2.38. The molecule has 0 aliphatic carbocycles. The van der Waals surface area contributed by atoms with Crippen molar-refractivity contribution in [2.24, 2.45) is 0 Å². The average molecular weight is 397 g/mol. The quantitative estimate of drug-likeness (QED) is 0.755. The van der Waals surface area contributed by atoms with Crippen LogP contribution < -0.4 is 10.6 Å². The summed E-state index contributed by atoms with van der Waals surface area (Å²) in [4.78, 5) is 24.2. The Kier molecular flexibility index (Phi) is 7.07. The Balaban J connectivity index is 0.00000243. The van der Waals surface area contributed by atoms with Gasteiger partial charge in [-0.1, -0.05) is 6.07 Å². The Bertz CT molecular complexity index is 790. The predicted molar refractivity (Wildman–Crippen MR) is 104 cm³/mol. The molecule has 1 fully saturated rings. The van der Waals surface area contributed by atoms with Crippen molar-refractivity contribution in [3.05, 3.63) is 41.7 Å². The molecule has 1 aliphatic rings. The van der Waals surface area contributed by atoms with Gasteiger partial charge in [0.15, 0.2) is 0 Å². The van der Waals surface area contributed by atoms with E-state index in [-0.39, 0.29) is 30.3 Å². The minimum absolute atomic E-state index is 0. The number of esters is 1. The second kappa shape index (κ2) is 9.07. The molecule has 9 heteroatoms. The molecule has 1 unspecified atom stereocenters. The van der Waals surface area contributed by atoms with E-state index in [1.165, 1.54) is 6.20 Å². The van der Waals surface area contributed by atoms with Gasteiger partial charge in [-0.2, -0.15) is 5.10 Å². The van der Waals surface area contributed by atoms with Gasteiger partial charge in [0.1, 0.15) is 5.56 Å². The van der Waals surface area contributed by atoms with E-state index in [1.807, 2.05) is 31.2 Å². The zero-order valence-electron chi connectivity index (χ0n) is 14.5. The fraction of sp³-hybridized carbons (Fsp3) is 0.353. The van der Waals surface area contributed by atoms with E-state index < -0.39 is 0 Å². The lowest BCUT2D eigenvalue weighted by atomic mass is 10.2. The lowest BCUT2D eigenvalue weighted by Crippen LogP contribution is -2.37. The molecule has 26 heavy (non-hydrogen) atoms. The zero-order chi connectivity index (χ0) is 17.8. The maximum absolute atomic E-state index is 12.2. The van der Waals surface area contributed by atoms with Crippen molar-refractivity contribution >= 4 is 41.7 Å². The minimum Gasteiger partial charge on any atom is -0.462 e. The van der Waals surface area contributed by atoms with Gasteiger partial charge in [-0.15, -0.1) is 24.2 Å². The summed E-state index contributed by atoms with van der Waals surface area (Å²) in [5.74, 6) is 1.13. The molecule has 2 aromatic rings. The van der Waals surface area contributed by atoms with E-state index in [2.05, 4.69) is 15.7 Å². The summed E-state index contributed by atoms with van der Waals surface area (Å²) in [6, 6.07) is 7.19. The standard InChI is InChI=1S/C17H20N4O3S.ClH/c1-3-24-17(23)14-8-19-21(11(14)2)13-6-4-5-12(7-13)20-16(22)15-9-25-10-18-15;/h4-8,15,18H,3,9-10H2,1-2H3,(H,20,22);1H. The van der Waals surface area contributed by atoms with Gasteiger partial charge in [0.2, 0.25) is 5.91 Å². The molecule has 0 bridgehead atoms. The number of rotatable bonds is 5. The topological polar surface area (TPSA) is 85.2 Å². The molecule has 3 rings (SSSR count). The Labute approximate surface area is 162 Å². The SMILES string of the molecule is CCOC(=O)c1cnn(-c2cccc(NC(=O)C3CSCN3)c2)c1C.Cl. The van der Waals surface area contributed by atoms with Gasteiger partial charge in [-0.25, -0.2) is 9.48 Å². The van der Waals surface area contributed by atoms with Crippen molar-refractivity contribution in [3.63, 3.8) is 0 Å². The highest BCUT2D eigenvalue weighted by atomic mass is 35.5. The summed E-state index contributed by atoms with van der Waals surface area (Å²) in [5, 5.41) is 10.3. The Hall–Kier alpha value is -2.03. The number of hydrogen-bond acceptors (Lipinski definition) is 6. The van der Waals surface area contributed by atoms with Crippen LogP contribution in [0.4, 0.5) is 5.69 Å². The van der Waals surface area contributed by atoms with Crippen LogP contribution in [-0.2, 0) is 9.53 Å². The van der Waals surface area contributed by atoms with Crippen LogP contribution in [0.25, 0.3) is 5.69 Å². The number of thioether (sulfide) groups is 1. The molecule has 7 nitrogen and oxygen atoms in total. The number of amides is 1. The van der Waals surface area contributed by atoms with E-state index in [4.69, 9.17) is 4.74 Å². The second-order valence-electron chi connectivity index (χ2n) is 5.59. The van der Waals surface area contributed by atoms with Gasteiger partial charge in [0, 0.05) is 17.3 Å². The first-order valence-corrected chi connectivity index (χ1v) is 9.19. The van der Waals surface area contributed by atoms with Crippen molar-refractivity contribution in [2.75, 3.05) is 23.6 Å². The number of anilines is 1. The van der Waals surface area contributed by atoms with Gasteiger partial charge >= 0.3 is 5.97 Å². The van der Waals surface area contributed by atoms with Crippen molar-refractivity contribution in [3.8, 4) is 5.69 Å². The third-order valence-corrected chi connectivity index (χ3v) is 4.84. The Morgan fingerprint density at radius 2 is 2.27 bits per heavy atom. The number of nitrogens with one attached hydrogen (secondary N) is 2. The number of ether oxygens (including phenoxy) is 1. The van der Waals surface area contributed by atoms with Crippen molar-refractivity contribution in [2.45, 2.75) is 19.9 Å². The summed E-state index contributed by atoms with van der Waals surface area (Å²) in [6.45, 7) is 3.89. The van der Waals surface area contributed by atoms with Crippen LogP contribution in [0.1, 0.15) is 23.0 Å². The number of carbonyl (C=O) groups is 2. The molecule has 1 aliphatic heterocycles. The van der Waals surface area contributed by atoms with Gasteiger partial charge in [-0.3, -0.25) is 10.1 Å². The molecule has 0 saturated carbocycles. The largest absolute Gasteiger partial charge is 0.462 e. The molecule has 1 aromatic carbocycles. The van der Waals surface area contributed by atoms with Crippen LogP contribution in [0.2, 0.25) is 0 Å². The van der Waals surface area contributed by atoms with Gasteiger partial charge in [-0.05, 0) is 32.0 Å². The van der Waals surface area contributed by atoms with Crippen molar-refractivity contribution in [1.29, 1.82) is 0 Å². The third-order valence-electron chi connectivity index (χ3n) is 3.90. The molecule has 1 atom stereocenters. The highest BCUT2D eigenvalue weighted by Gasteiger charge is 2.22. The molecular formula is C17H21ClN4O3S. The maximum Gasteiger partial charge on any atom is 0.341 e. The molecule has 1 amide bonds. The molecule has 2 N–H and O–H groups in total. The van der Waals surface area contributed by atoms with E-state index in [1.54, 1.807) is 23.4 Å². The number of halogens is 1. The first-order chi connectivity index (χ1) is 12.1. The Morgan fingerprint density at radius 1 is 1.46 bits per heavy atom. The van der Waals surface area contributed by atoms with Gasteiger partial charge in [0.25, 0.3) is 0 Å². The summed E-state index contributed by atoms with van der Waals surface area (Å²) in [7, 11) is 0. The van der Waals surface area contributed by atoms with Crippen LogP contribution >= 0.6 is 24.2 Å². The van der Waals surface area contributed by atoms with E-state index in [0.717, 1.165) is 17.3 Å². The van der Waals surface area contributed by atoms with E-state index in [0.29, 0.717) is 23.6 Å². The summed E-state index contributed by atoms with van der Waals surface area (Å²) < 4.78 is 6.69. The van der Waals surface area contributed by atoms with Gasteiger partial charge in [0.05, 0.1) is 30.2 Å². The average Bonchev–Trinajstić information content (AvgIpc) is 3.25. The maximum atomic E-state index is 12.2. The molecule has 2 heterocycles. The zero-order valence-corrected chi connectivity index (χ0v) is 16.2. The summed E-state index contributed by atoms with van der Waals surface area (Å²) in [6.07, 6.45) is 1.50. The highest BCUT2D eigenvalue weighted by Crippen LogP contribution is 2.19. The number of hydrogen-bond donors (Lipinski definition) is 2. The molecule has 140 valence electrons. The smallest absolute Gasteiger partial charge is 0.341 e. The van der Waals surface area contributed by atoms with Crippen LogP contribution in [0.3, 0.4) is 0 Å². The number of benzene rings is 1. The lowest BCUT2D eigenvalue weighted by molar-refractivity contribution is -0.117. The number of carbonyl (C=O) groups excluding carboxylic acids is 2. The molecular weight excluding hydrogens is 376 g/mol. The fourth-order valence-electron chi connectivity index (χ4n) is 2.59. The monoisotopic (exact) mass is 396 g/mol. The fourth-order valence-corrected chi connectivity index (χ4v) is 3.53. The molecule has 0 radical (unpaired) electrons. The highest BCUT2D eigenvalue weighted by molar-refractivity contribution is 7.99. The van der Waals surface area contributed by atoms with Crippen molar-refractivity contribution < 1.29 is 14.3 Å². The molecule has 1 aromatic heterocycles. The second-order valence-corrected chi connectivity index (χ2v) is 6.62. The first-order valence-electron chi connectivity index (χ1n) is 8.04. The Morgan fingerprint density at radius 3 is 2.96 bits per heavy atom. The summed E-state index contributed by atoms with van der Waals surface area (Å²) >= 11 is 1.70. The van der Waals surface area contributed by atoms with Crippen molar-refractivity contribution in [1.82, 2.24) is 15.1 Å². The van der Waals surface area contributed by atoms with Crippen LogP contribution in [-0.4, -0.2) is 45.9 Å². The molecule has 0 spiro atoms. The lowest BCUT2D eigenvalue weighted by Gasteiger charge is -2.12. The van der Waals surface area contributed by atoms with Crippen LogP contribution in [0.5, 0.6) is 0 Å². The van der Waals surface area contributed by atoms with E-state index >= 15 is 0 Å². The van der Waals surface area contributed by atoms with E-state index in [9.17, 15) is 9.59 Å². The van der Waals surface area contributed by atoms with Crippen LogP contribution in [0, 0.1) is 6.92 Å². The first kappa shape index (κ1) is 20.3. The minimum atomic E-state index is -0.388. The number of nitrogens with zero attached hydrogens (tertiary/aromatic N) is 2. The molecule has 1 saturated heterocycles. The van der Waals surface area contributed by atoms with Gasteiger partial charge < -0.3 is 10.1 Å².